The van der Waals surface area contributed by atoms with E-state index in [9.17, 15) is 9.90 Å². The quantitative estimate of drug-likeness (QED) is 0.832. The molecule has 0 aliphatic carbocycles. The van der Waals surface area contributed by atoms with Gasteiger partial charge in [0.2, 0.25) is 0 Å². The lowest BCUT2D eigenvalue weighted by atomic mass is 10.1. The van der Waals surface area contributed by atoms with Gasteiger partial charge in [-0.2, -0.15) is 0 Å². The molecule has 0 fully saturated rings. The molecule has 0 bridgehead atoms. The van der Waals surface area contributed by atoms with Crippen molar-refractivity contribution in [2.45, 2.75) is 6.42 Å². The van der Waals surface area contributed by atoms with Gasteiger partial charge < -0.3 is 15.7 Å². The fraction of sp³-hybridized carbons (Fsp3) is 0.133. The second kappa shape index (κ2) is 4.72. The second-order valence-corrected chi connectivity index (χ2v) is 5.14. The Hall–Kier alpha value is -2.20. The minimum Gasteiger partial charge on any atom is -0.478 e. The minimum atomic E-state index is -1.03. The maximum atomic E-state index is 11.5. The molecule has 3 N–H and O–H groups in total. The van der Waals surface area contributed by atoms with E-state index in [0.29, 0.717) is 22.9 Å². The number of carboxylic acid groups (broad SMARTS) is 1. The maximum absolute atomic E-state index is 11.5. The van der Waals surface area contributed by atoms with Gasteiger partial charge in [-0.1, -0.05) is 29.8 Å². The third-order valence-corrected chi connectivity index (χ3v) is 3.76. The number of carbonyl (C=O) groups is 1. The van der Waals surface area contributed by atoms with Crippen molar-refractivity contribution in [1.29, 1.82) is 0 Å². The highest BCUT2D eigenvalue weighted by atomic mass is 35.5. The number of anilines is 3. The largest absolute Gasteiger partial charge is 0.478 e. The van der Waals surface area contributed by atoms with Crippen molar-refractivity contribution < 1.29 is 9.90 Å². The van der Waals surface area contributed by atoms with Crippen LogP contribution in [-0.4, -0.2) is 17.6 Å². The highest BCUT2D eigenvalue weighted by molar-refractivity contribution is 6.34. The number of carboxylic acids is 1. The normalized spacial score (nSPS) is 13.3. The molecule has 20 heavy (non-hydrogen) atoms. The summed E-state index contributed by atoms with van der Waals surface area (Å²) in [6.07, 6.45) is 0.871. The standard InChI is InChI=1S/C15H13ClN2O2/c16-12-8-10(17)7-11(15(19)20)14(12)18-6-5-9-3-1-2-4-13(9)18/h1-4,7-8H,5-6,17H2,(H,19,20). The van der Waals surface area contributed by atoms with Crippen LogP contribution in [0.1, 0.15) is 15.9 Å². The number of nitrogens with two attached hydrogens (primary N) is 1. The summed E-state index contributed by atoms with van der Waals surface area (Å²) in [5.41, 5.74) is 8.88. The number of fused-ring (bicyclic) bond motifs is 1. The molecular weight excluding hydrogens is 276 g/mol. The molecule has 0 radical (unpaired) electrons. The van der Waals surface area contributed by atoms with Gasteiger partial charge in [-0.15, -0.1) is 0 Å². The van der Waals surface area contributed by atoms with Gasteiger partial charge in [0.1, 0.15) is 0 Å². The molecule has 1 aliphatic rings. The number of nitrogen functional groups attached to an aromatic ring is 1. The van der Waals surface area contributed by atoms with Gasteiger partial charge in [-0.3, -0.25) is 0 Å². The first-order valence-corrected chi connectivity index (χ1v) is 6.63. The number of halogens is 1. The molecule has 5 heteroatoms. The summed E-state index contributed by atoms with van der Waals surface area (Å²) < 4.78 is 0. The molecule has 2 aromatic carbocycles. The summed E-state index contributed by atoms with van der Waals surface area (Å²) >= 11 is 6.24. The van der Waals surface area contributed by atoms with Crippen LogP contribution in [0, 0.1) is 0 Å². The fourth-order valence-corrected chi connectivity index (χ4v) is 2.96. The Morgan fingerprint density at radius 1 is 1.30 bits per heavy atom. The number of hydrogen-bond donors (Lipinski definition) is 2. The summed E-state index contributed by atoms with van der Waals surface area (Å²) in [4.78, 5) is 13.4. The average Bonchev–Trinajstić information content (AvgIpc) is 2.81. The number of hydrogen-bond acceptors (Lipinski definition) is 3. The van der Waals surface area contributed by atoms with Crippen LogP contribution in [0.2, 0.25) is 5.02 Å². The minimum absolute atomic E-state index is 0.131. The Morgan fingerprint density at radius 3 is 2.80 bits per heavy atom. The molecule has 0 unspecified atom stereocenters. The van der Waals surface area contributed by atoms with E-state index >= 15 is 0 Å². The van der Waals surface area contributed by atoms with E-state index in [1.165, 1.54) is 11.6 Å². The second-order valence-electron chi connectivity index (χ2n) is 4.73. The maximum Gasteiger partial charge on any atom is 0.337 e. The van der Waals surface area contributed by atoms with Crippen LogP contribution in [0.3, 0.4) is 0 Å². The highest BCUT2D eigenvalue weighted by Gasteiger charge is 2.26. The summed E-state index contributed by atoms with van der Waals surface area (Å²) in [6, 6.07) is 11.0. The third-order valence-electron chi connectivity index (χ3n) is 3.47. The lowest BCUT2D eigenvalue weighted by Gasteiger charge is -2.23. The van der Waals surface area contributed by atoms with Crippen molar-refractivity contribution in [3.63, 3.8) is 0 Å². The summed E-state index contributed by atoms with van der Waals surface area (Å²) in [5, 5.41) is 9.74. The van der Waals surface area contributed by atoms with Gasteiger partial charge in [0.15, 0.2) is 0 Å². The molecule has 1 heterocycles. The van der Waals surface area contributed by atoms with Crippen molar-refractivity contribution in [2.75, 3.05) is 17.2 Å². The van der Waals surface area contributed by atoms with Crippen LogP contribution in [-0.2, 0) is 6.42 Å². The molecular formula is C15H13ClN2O2. The van der Waals surface area contributed by atoms with Gasteiger partial charge >= 0.3 is 5.97 Å². The van der Waals surface area contributed by atoms with Gasteiger partial charge in [0, 0.05) is 17.9 Å². The molecule has 0 atom stereocenters. The number of rotatable bonds is 2. The zero-order valence-electron chi connectivity index (χ0n) is 10.6. The molecule has 4 nitrogen and oxygen atoms in total. The summed E-state index contributed by atoms with van der Waals surface area (Å²) in [7, 11) is 0. The van der Waals surface area contributed by atoms with Gasteiger partial charge in [-0.25, -0.2) is 4.79 Å². The first kappa shape index (κ1) is 12.8. The molecule has 3 rings (SSSR count). The molecule has 102 valence electrons. The highest BCUT2D eigenvalue weighted by Crippen LogP contribution is 2.41. The molecule has 2 aromatic rings. The number of aromatic carboxylic acids is 1. The van der Waals surface area contributed by atoms with Crippen LogP contribution in [0.5, 0.6) is 0 Å². The van der Waals surface area contributed by atoms with E-state index in [1.54, 1.807) is 6.07 Å². The van der Waals surface area contributed by atoms with Gasteiger partial charge in [0.25, 0.3) is 0 Å². The molecule has 0 saturated carbocycles. The van der Waals surface area contributed by atoms with E-state index in [0.717, 1.165) is 12.1 Å². The van der Waals surface area contributed by atoms with Crippen molar-refractivity contribution >= 4 is 34.6 Å². The van der Waals surface area contributed by atoms with Crippen molar-refractivity contribution in [2.24, 2.45) is 0 Å². The van der Waals surface area contributed by atoms with E-state index in [-0.39, 0.29) is 5.56 Å². The molecule has 1 aliphatic heterocycles. The lowest BCUT2D eigenvalue weighted by Crippen LogP contribution is -2.18. The van der Waals surface area contributed by atoms with Crippen LogP contribution in [0.25, 0.3) is 0 Å². The molecule has 0 amide bonds. The first-order valence-electron chi connectivity index (χ1n) is 6.25. The van der Waals surface area contributed by atoms with Crippen LogP contribution in [0.15, 0.2) is 36.4 Å². The molecule has 0 saturated heterocycles. The monoisotopic (exact) mass is 288 g/mol. The Morgan fingerprint density at radius 2 is 2.05 bits per heavy atom. The van der Waals surface area contributed by atoms with Gasteiger partial charge in [-0.05, 0) is 30.2 Å². The van der Waals surface area contributed by atoms with E-state index < -0.39 is 5.97 Å². The Kier molecular flexibility index (Phi) is 3.03. The molecule has 0 spiro atoms. The number of nitrogens with zero attached hydrogens (tertiary/aromatic N) is 1. The fourth-order valence-electron chi connectivity index (χ4n) is 2.63. The van der Waals surface area contributed by atoms with Crippen molar-refractivity contribution in [3.8, 4) is 0 Å². The first-order chi connectivity index (χ1) is 9.58. The zero-order chi connectivity index (χ0) is 14.3. The van der Waals surface area contributed by atoms with Gasteiger partial charge in [0.05, 0.1) is 16.3 Å². The third kappa shape index (κ3) is 1.98. The van der Waals surface area contributed by atoms with Crippen LogP contribution in [0.4, 0.5) is 17.1 Å². The SMILES string of the molecule is Nc1cc(Cl)c(N2CCc3ccccc32)c(C(=O)O)c1. The van der Waals surface area contributed by atoms with E-state index in [4.69, 9.17) is 17.3 Å². The number of para-hydroxylation sites is 1. The Balaban J connectivity index is 2.19. The number of benzene rings is 2. The van der Waals surface area contributed by atoms with Crippen molar-refractivity contribution in [3.05, 3.63) is 52.5 Å². The van der Waals surface area contributed by atoms with Crippen LogP contribution >= 0.6 is 11.6 Å². The lowest BCUT2D eigenvalue weighted by molar-refractivity contribution is 0.0697. The average molecular weight is 289 g/mol. The topological polar surface area (TPSA) is 66.6 Å². The summed E-state index contributed by atoms with van der Waals surface area (Å²) in [5.74, 6) is -1.03. The van der Waals surface area contributed by atoms with E-state index in [2.05, 4.69) is 0 Å². The molecule has 0 aromatic heterocycles. The smallest absolute Gasteiger partial charge is 0.337 e. The van der Waals surface area contributed by atoms with E-state index in [1.807, 2.05) is 29.2 Å². The zero-order valence-corrected chi connectivity index (χ0v) is 11.4. The summed E-state index contributed by atoms with van der Waals surface area (Å²) in [6.45, 7) is 0.712. The van der Waals surface area contributed by atoms with Crippen molar-refractivity contribution in [1.82, 2.24) is 0 Å². The van der Waals surface area contributed by atoms with Crippen LogP contribution < -0.4 is 10.6 Å². The predicted octanol–water partition coefficient (Wildman–Crippen LogP) is 3.31. The Bertz CT molecular complexity index is 700. The Labute approximate surface area is 121 Å². The predicted molar refractivity (Wildman–Crippen MR) is 80.0 cm³/mol.